The number of piperidine rings is 1. The molecule has 1 aliphatic rings. The van der Waals surface area contributed by atoms with E-state index in [9.17, 15) is 14.4 Å². The maximum Gasteiger partial charge on any atom is 0.245 e. The smallest absolute Gasteiger partial charge is 0.245 e. The molecule has 0 saturated carbocycles. The first-order valence-corrected chi connectivity index (χ1v) is 4.95. The summed E-state index contributed by atoms with van der Waals surface area (Å²) in [6, 6.07) is 0. The average molecular weight is 225 g/mol. The zero-order valence-corrected chi connectivity index (χ0v) is 8.89. The van der Waals surface area contributed by atoms with Gasteiger partial charge in [0, 0.05) is 13.1 Å². The molecule has 0 aromatic rings. The molecule has 0 aliphatic carbocycles. The predicted octanol–water partition coefficient (Wildman–Crippen LogP) is -1.39. The van der Waals surface area contributed by atoms with Crippen molar-refractivity contribution >= 4 is 17.7 Å². The zero-order valence-electron chi connectivity index (χ0n) is 8.89. The Morgan fingerprint density at radius 2 is 1.56 bits per heavy atom. The van der Waals surface area contributed by atoms with Crippen molar-refractivity contribution in [1.82, 2.24) is 4.90 Å². The first-order chi connectivity index (χ1) is 7.45. The molecule has 1 heterocycles. The van der Waals surface area contributed by atoms with Gasteiger partial charge in [0.15, 0.2) is 0 Å². The Kier molecular flexibility index (Phi) is 3.65. The number of carbonyl (C=O) groups excluding carboxylic acids is 3. The molecule has 1 rings (SSSR count). The van der Waals surface area contributed by atoms with Crippen molar-refractivity contribution in [2.24, 2.45) is 23.3 Å². The number of nitrogens with two attached hydrogens (primary N) is 2. The highest BCUT2D eigenvalue weighted by molar-refractivity contribution is 5.89. The molecule has 0 bridgehead atoms. The number of hydrogen-bond donors (Lipinski definition) is 2. The lowest BCUT2D eigenvalue weighted by molar-refractivity contribution is -0.135. The molecule has 2 atom stereocenters. The maximum absolute atomic E-state index is 11.4. The molecule has 4 N–H and O–H groups in total. The Balaban J connectivity index is 2.81. The number of rotatable bonds is 3. The predicted molar refractivity (Wildman–Crippen MR) is 56.8 cm³/mol. The molecule has 88 valence electrons. The summed E-state index contributed by atoms with van der Waals surface area (Å²) >= 11 is 0. The fourth-order valence-corrected chi connectivity index (χ4v) is 1.82. The second-order valence-corrected chi connectivity index (χ2v) is 3.88. The number of carbonyl (C=O) groups is 3. The Labute approximate surface area is 93.3 Å². The Bertz CT molecular complexity index is 318. The molecule has 6 heteroatoms. The van der Waals surface area contributed by atoms with Gasteiger partial charge in [0.05, 0.1) is 11.8 Å². The molecular formula is C10H15N3O3. The molecule has 1 saturated heterocycles. The standard InChI is InChI=1S/C10H15N3O3/c1-2-8(14)13-4-6(9(11)15)3-7(5-13)10(12)16/h2,6-7H,1,3-5H2,(H2,11,15)(H2,12,16). The van der Waals surface area contributed by atoms with Crippen molar-refractivity contribution in [3.8, 4) is 0 Å². The second kappa shape index (κ2) is 4.78. The average Bonchev–Trinajstić information content (AvgIpc) is 2.27. The summed E-state index contributed by atoms with van der Waals surface area (Å²) < 4.78 is 0. The number of primary amides is 2. The molecule has 0 aromatic heterocycles. The summed E-state index contributed by atoms with van der Waals surface area (Å²) in [6.45, 7) is 3.80. The summed E-state index contributed by atoms with van der Waals surface area (Å²) in [5, 5.41) is 0. The molecule has 3 amide bonds. The Morgan fingerprint density at radius 1 is 1.12 bits per heavy atom. The summed E-state index contributed by atoms with van der Waals surface area (Å²) in [6.07, 6.45) is 1.45. The summed E-state index contributed by atoms with van der Waals surface area (Å²) in [5.41, 5.74) is 10.4. The molecular weight excluding hydrogens is 210 g/mol. The van der Waals surface area contributed by atoms with Crippen LogP contribution in [0.1, 0.15) is 6.42 Å². The lowest BCUT2D eigenvalue weighted by Gasteiger charge is -2.34. The van der Waals surface area contributed by atoms with Crippen molar-refractivity contribution in [3.05, 3.63) is 12.7 Å². The highest BCUT2D eigenvalue weighted by Gasteiger charge is 2.34. The van der Waals surface area contributed by atoms with Crippen LogP contribution in [0.2, 0.25) is 0 Å². The van der Waals surface area contributed by atoms with Gasteiger partial charge in [-0.3, -0.25) is 14.4 Å². The van der Waals surface area contributed by atoms with Crippen LogP contribution in [0.5, 0.6) is 0 Å². The number of hydrogen-bond acceptors (Lipinski definition) is 3. The van der Waals surface area contributed by atoms with Gasteiger partial charge in [0.2, 0.25) is 17.7 Å². The molecule has 16 heavy (non-hydrogen) atoms. The van der Waals surface area contributed by atoms with Crippen molar-refractivity contribution < 1.29 is 14.4 Å². The van der Waals surface area contributed by atoms with Crippen LogP contribution in [0.15, 0.2) is 12.7 Å². The van der Waals surface area contributed by atoms with Gasteiger partial charge in [0.25, 0.3) is 0 Å². The van der Waals surface area contributed by atoms with E-state index in [1.807, 2.05) is 0 Å². The van der Waals surface area contributed by atoms with E-state index in [-0.39, 0.29) is 19.0 Å². The van der Waals surface area contributed by atoms with E-state index in [2.05, 4.69) is 6.58 Å². The van der Waals surface area contributed by atoms with Crippen LogP contribution in [-0.2, 0) is 14.4 Å². The Hall–Kier alpha value is -1.85. The van der Waals surface area contributed by atoms with Crippen LogP contribution in [0.4, 0.5) is 0 Å². The molecule has 1 aliphatic heterocycles. The summed E-state index contributed by atoms with van der Waals surface area (Å²) in [4.78, 5) is 35.0. The fourth-order valence-electron chi connectivity index (χ4n) is 1.82. The van der Waals surface area contributed by atoms with Gasteiger partial charge in [-0.25, -0.2) is 0 Å². The first kappa shape index (κ1) is 12.2. The van der Waals surface area contributed by atoms with E-state index in [4.69, 9.17) is 11.5 Å². The van der Waals surface area contributed by atoms with Gasteiger partial charge in [0.1, 0.15) is 0 Å². The van der Waals surface area contributed by atoms with E-state index in [1.165, 1.54) is 4.90 Å². The topological polar surface area (TPSA) is 106 Å². The largest absolute Gasteiger partial charge is 0.369 e. The van der Waals surface area contributed by atoms with E-state index in [0.717, 1.165) is 6.08 Å². The summed E-state index contributed by atoms with van der Waals surface area (Å²) in [5.74, 6) is -2.40. The van der Waals surface area contributed by atoms with Crippen molar-refractivity contribution in [3.63, 3.8) is 0 Å². The normalized spacial score (nSPS) is 24.9. The molecule has 0 aromatic carbocycles. The molecule has 2 unspecified atom stereocenters. The minimum atomic E-state index is -0.521. The molecule has 1 fully saturated rings. The van der Waals surface area contributed by atoms with E-state index < -0.39 is 23.7 Å². The first-order valence-electron chi connectivity index (χ1n) is 4.95. The van der Waals surface area contributed by atoms with Crippen LogP contribution in [0, 0.1) is 11.8 Å². The minimum Gasteiger partial charge on any atom is -0.369 e. The van der Waals surface area contributed by atoms with Gasteiger partial charge in [-0.15, -0.1) is 0 Å². The highest BCUT2D eigenvalue weighted by Crippen LogP contribution is 2.21. The number of amides is 3. The number of nitrogens with zero attached hydrogens (tertiary/aromatic N) is 1. The quantitative estimate of drug-likeness (QED) is 0.577. The lowest BCUT2D eigenvalue weighted by Crippen LogP contribution is -2.50. The van der Waals surface area contributed by atoms with Gasteiger partial charge in [-0.05, 0) is 12.5 Å². The summed E-state index contributed by atoms with van der Waals surface area (Å²) in [7, 11) is 0. The van der Waals surface area contributed by atoms with Crippen molar-refractivity contribution in [1.29, 1.82) is 0 Å². The van der Waals surface area contributed by atoms with Gasteiger partial charge in [-0.1, -0.05) is 6.58 Å². The SMILES string of the molecule is C=CC(=O)N1CC(C(N)=O)CC(C(N)=O)C1. The molecule has 6 nitrogen and oxygen atoms in total. The Morgan fingerprint density at radius 3 is 1.88 bits per heavy atom. The van der Waals surface area contributed by atoms with Gasteiger partial charge in [-0.2, -0.15) is 0 Å². The highest BCUT2D eigenvalue weighted by atomic mass is 16.2. The van der Waals surface area contributed by atoms with Gasteiger partial charge >= 0.3 is 0 Å². The van der Waals surface area contributed by atoms with E-state index >= 15 is 0 Å². The van der Waals surface area contributed by atoms with Crippen molar-refractivity contribution in [2.45, 2.75) is 6.42 Å². The maximum atomic E-state index is 11.4. The van der Waals surface area contributed by atoms with Crippen LogP contribution in [-0.4, -0.2) is 35.7 Å². The zero-order chi connectivity index (χ0) is 12.3. The fraction of sp³-hybridized carbons (Fsp3) is 0.500. The van der Waals surface area contributed by atoms with Gasteiger partial charge < -0.3 is 16.4 Å². The van der Waals surface area contributed by atoms with Crippen LogP contribution in [0.3, 0.4) is 0 Å². The van der Waals surface area contributed by atoms with Crippen LogP contribution >= 0.6 is 0 Å². The minimum absolute atomic E-state index is 0.226. The van der Waals surface area contributed by atoms with Crippen LogP contribution in [0.25, 0.3) is 0 Å². The number of likely N-dealkylation sites (tertiary alicyclic amines) is 1. The van der Waals surface area contributed by atoms with E-state index in [0.29, 0.717) is 6.42 Å². The third-order valence-electron chi connectivity index (χ3n) is 2.74. The van der Waals surface area contributed by atoms with Crippen molar-refractivity contribution in [2.75, 3.05) is 13.1 Å². The van der Waals surface area contributed by atoms with E-state index in [1.54, 1.807) is 0 Å². The van der Waals surface area contributed by atoms with Crippen LogP contribution < -0.4 is 11.5 Å². The third kappa shape index (κ3) is 2.59. The molecule has 0 radical (unpaired) electrons. The second-order valence-electron chi connectivity index (χ2n) is 3.88. The monoisotopic (exact) mass is 225 g/mol. The third-order valence-corrected chi connectivity index (χ3v) is 2.74. The molecule has 0 spiro atoms. The lowest BCUT2D eigenvalue weighted by atomic mass is 9.88.